The molecule has 170 valence electrons. The number of thioether (sulfide) groups is 1. The predicted octanol–water partition coefficient (Wildman–Crippen LogP) is 4.80. The first-order valence-corrected chi connectivity index (χ1v) is 12.0. The number of carbonyl (C=O) groups is 2. The standard InChI is InChI=1S/C24H28FN3O3S/c1-3-19-21(23(30)31-2)22(17-11-7-8-12-18(17)25)28-16(14-32-24(28)27-19)13-20(29)26-15-9-5-4-6-10-15/h7-8,11-12,14-15,22H,3-6,9-10,13H2,1-2H3,(H,26,29). The number of amidine groups is 1. The molecule has 1 atom stereocenters. The third-order valence-corrected chi connectivity index (χ3v) is 7.03. The van der Waals surface area contributed by atoms with E-state index < -0.39 is 17.8 Å². The topological polar surface area (TPSA) is 71.0 Å². The van der Waals surface area contributed by atoms with Crippen molar-refractivity contribution >= 4 is 28.8 Å². The van der Waals surface area contributed by atoms with Crippen molar-refractivity contribution in [1.82, 2.24) is 10.2 Å². The second-order valence-corrected chi connectivity index (χ2v) is 9.04. The van der Waals surface area contributed by atoms with Gasteiger partial charge in [0.15, 0.2) is 5.17 Å². The van der Waals surface area contributed by atoms with Gasteiger partial charge in [-0.05, 0) is 30.7 Å². The van der Waals surface area contributed by atoms with Crippen molar-refractivity contribution < 1.29 is 18.7 Å². The summed E-state index contributed by atoms with van der Waals surface area (Å²) in [5.41, 5.74) is 1.94. The number of nitrogens with zero attached hydrogens (tertiary/aromatic N) is 2. The average Bonchev–Trinajstić information content (AvgIpc) is 3.20. The Morgan fingerprint density at radius 1 is 1.25 bits per heavy atom. The molecule has 3 aliphatic rings. The Kier molecular flexibility index (Phi) is 6.98. The van der Waals surface area contributed by atoms with Gasteiger partial charge in [-0.15, -0.1) is 0 Å². The maximum Gasteiger partial charge on any atom is 0.338 e. The molecule has 4 rings (SSSR count). The SMILES string of the molecule is CCC1=C(C(=O)OC)C(c2ccccc2F)N2C(CC(=O)NC3CCCCC3)=CSC2=N1. The second-order valence-electron chi connectivity index (χ2n) is 8.20. The molecule has 1 saturated carbocycles. The zero-order valence-electron chi connectivity index (χ0n) is 18.4. The number of carbonyl (C=O) groups excluding carboxylic acids is 2. The van der Waals surface area contributed by atoms with Gasteiger partial charge in [0.25, 0.3) is 0 Å². The van der Waals surface area contributed by atoms with Crippen molar-refractivity contribution in [1.29, 1.82) is 0 Å². The molecule has 6 nitrogen and oxygen atoms in total. The number of rotatable bonds is 6. The molecule has 1 unspecified atom stereocenters. The largest absolute Gasteiger partial charge is 0.466 e. The molecule has 0 saturated heterocycles. The summed E-state index contributed by atoms with van der Waals surface area (Å²) in [5.74, 6) is -1.03. The van der Waals surface area contributed by atoms with Crippen LogP contribution < -0.4 is 5.32 Å². The minimum absolute atomic E-state index is 0.0674. The van der Waals surface area contributed by atoms with E-state index in [0.717, 1.165) is 25.7 Å². The van der Waals surface area contributed by atoms with Gasteiger partial charge in [0.1, 0.15) is 5.82 Å². The molecule has 0 radical (unpaired) electrons. The molecule has 1 aliphatic carbocycles. The minimum atomic E-state index is -0.741. The number of fused-ring (bicyclic) bond motifs is 1. The van der Waals surface area contributed by atoms with Gasteiger partial charge in [-0.2, -0.15) is 0 Å². The number of methoxy groups -OCH3 is 1. The van der Waals surface area contributed by atoms with Crippen molar-refractivity contribution in [2.75, 3.05) is 7.11 Å². The number of allylic oxidation sites excluding steroid dienone is 1. The van der Waals surface area contributed by atoms with Crippen molar-refractivity contribution in [2.45, 2.75) is 64.0 Å². The number of nitrogens with one attached hydrogen (secondary N) is 1. The lowest BCUT2D eigenvalue weighted by atomic mass is 9.92. The fraction of sp³-hybridized carbons (Fsp3) is 0.458. The van der Waals surface area contributed by atoms with E-state index in [1.165, 1.54) is 31.4 Å². The maximum absolute atomic E-state index is 15.0. The molecule has 1 N–H and O–H groups in total. The minimum Gasteiger partial charge on any atom is -0.466 e. The number of amides is 1. The Bertz CT molecular complexity index is 998. The van der Waals surface area contributed by atoms with Gasteiger partial charge in [0.2, 0.25) is 5.91 Å². The number of aliphatic imine (C=N–C) groups is 1. The molecule has 1 aromatic rings. The van der Waals surface area contributed by atoms with Gasteiger partial charge in [0.05, 0.1) is 30.8 Å². The summed E-state index contributed by atoms with van der Waals surface area (Å²) < 4.78 is 20.0. The molecule has 1 amide bonds. The average molecular weight is 458 g/mol. The van der Waals surface area contributed by atoms with E-state index in [2.05, 4.69) is 10.3 Å². The van der Waals surface area contributed by atoms with Crippen LogP contribution in [0.15, 0.2) is 51.6 Å². The Morgan fingerprint density at radius 3 is 2.69 bits per heavy atom. The number of hydrogen-bond acceptors (Lipinski definition) is 6. The van der Waals surface area contributed by atoms with Gasteiger partial charge in [0, 0.05) is 17.3 Å². The summed E-state index contributed by atoms with van der Waals surface area (Å²) in [5, 5.41) is 5.66. The fourth-order valence-electron chi connectivity index (χ4n) is 4.59. The molecule has 0 aromatic heterocycles. The van der Waals surface area contributed by atoms with Crippen LogP contribution in [0, 0.1) is 5.82 Å². The fourth-order valence-corrected chi connectivity index (χ4v) is 5.53. The molecule has 1 aromatic carbocycles. The summed E-state index contributed by atoms with van der Waals surface area (Å²) in [6, 6.07) is 5.87. The van der Waals surface area contributed by atoms with Crippen LogP contribution in [0.1, 0.15) is 63.5 Å². The van der Waals surface area contributed by atoms with E-state index in [9.17, 15) is 14.0 Å². The lowest BCUT2D eigenvalue weighted by Gasteiger charge is -2.36. The quantitative estimate of drug-likeness (QED) is 0.621. The second kappa shape index (κ2) is 9.90. The molecule has 1 fully saturated rings. The summed E-state index contributed by atoms with van der Waals surface area (Å²) in [6.07, 6.45) is 6.14. The molecule has 0 spiro atoms. The summed E-state index contributed by atoms with van der Waals surface area (Å²) in [6.45, 7) is 1.90. The molecular weight excluding hydrogens is 429 g/mol. The number of ether oxygens (including phenoxy) is 1. The van der Waals surface area contributed by atoms with Crippen LogP contribution in [-0.2, 0) is 14.3 Å². The first-order chi connectivity index (χ1) is 15.5. The summed E-state index contributed by atoms with van der Waals surface area (Å²) >= 11 is 1.39. The highest BCUT2D eigenvalue weighted by atomic mass is 32.2. The zero-order chi connectivity index (χ0) is 22.7. The van der Waals surface area contributed by atoms with Gasteiger partial charge < -0.3 is 15.0 Å². The van der Waals surface area contributed by atoms with Crippen LogP contribution in [0.3, 0.4) is 0 Å². The monoisotopic (exact) mass is 457 g/mol. The molecule has 0 bridgehead atoms. The molecule has 2 aliphatic heterocycles. The Balaban J connectivity index is 1.67. The highest BCUT2D eigenvalue weighted by Crippen LogP contribution is 2.45. The zero-order valence-corrected chi connectivity index (χ0v) is 19.2. The number of esters is 1. The van der Waals surface area contributed by atoms with Gasteiger partial charge in [-0.3, -0.25) is 4.79 Å². The van der Waals surface area contributed by atoms with Crippen molar-refractivity contribution in [3.63, 3.8) is 0 Å². The first-order valence-electron chi connectivity index (χ1n) is 11.1. The van der Waals surface area contributed by atoms with E-state index in [1.807, 2.05) is 17.2 Å². The van der Waals surface area contributed by atoms with E-state index in [0.29, 0.717) is 34.1 Å². The molecular formula is C24H28FN3O3S. The van der Waals surface area contributed by atoms with Crippen LogP contribution in [-0.4, -0.2) is 35.1 Å². The van der Waals surface area contributed by atoms with Crippen LogP contribution in [0.25, 0.3) is 0 Å². The lowest BCUT2D eigenvalue weighted by molar-refractivity contribution is -0.136. The Morgan fingerprint density at radius 2 is 2.00 bits per heavy atom. The Labute approximate surface area is 192 Å². The summed E-state index contributed by atoms with van der Waals surface area (Å²) in [4.78, 5) is 32.1. The first kappa shape index (κ1) is 22.6. The number of hydrogen-bond donors (Lipinski definition) is 1. The van der Waals surface area contributed by atoms with E-state index in [-0.39, 0.29) is 18.4 Å². The van der Waals surface area contributed by atoms with Gasteiger partial charge in [-0.1, -0.05) is 56.1 Å². The normalized spacial score (nSPS) is 21.1. The van der Waals surface area contributed by atoms with Crippen molar-refractivity contribution in [2.24, 2.45) is 4.99 Å². The third-order valence-electron chi connectivity index (χ3n) is 6.14. The molecule has 32 heavy (non-hydrogen) atoms. The molecule has 2 heterocycles. The summed E-state index contributed by atoms with van der Waals surface area (Å²) in [7, 11) is 1.31. The lowest BCUT2D eigenvalue weighted by Crippen LogP contribution is -2.40. The van der Waals surface area contributed by atoms with Crippen LogP contribution in [0.5, 0.6) is 0 Å². The highest BCUT2D eigenvalue weighted by molar-refractivity contribution is 8.16. The highest BCUT2D eigenvalue weighted by Gasteiger charge is 2.42. The van der Waals surface area contributed by atoms with E-state index in [4.69, 9.17) is 4.74 Å². The smallest absolute Gasteiger partial charge is 0.338 e. The van der Waals surface area contributed by atoms with E-state index >= 15 is 0 Å². The van der Waals surface area contributed by atoms with Crippen LogP contribution in [0.4, 0.5) is 4.39 Å². The number of benzene rings is 1. The van der Waals surface area contributed by atoms with Crippen molar-refractivity contribution in [3.8, 4) is 0 Å². The van der Waals surface area contributed by atoms with E-state index in [1.54, 1.807) is 18.2 Å². The van der Waals surface area contributed by atoms with Gasteiger partial charge in [-0.25, -0.2) is 14.2 Å². The predicted molar refractivity (Wildman–Crippen MR) is 123 cm³/mol. The third kappa shape index (κ3) is 4.46. The maximum atomic E-state index is 15.0. The van der Waals surface area contributed by atoms with Crippen LogP contribution >= 0.6 is 11.8 Å². The van der Waals surface area contributed by atoms with Gasteiger partial charge >= 0.3 is 5.97 Å². The van der Waals surface area contributed by atoms with Crippen molar-refractivity contribution in [3.05, 3.63) is 58.0 Å². The Hall–Kier alpha value is -2.61. The van der Waals surface area contributed by atoms with Crippen LogP contribution in [0.2, 0.25) is 0 Å². The number of halogens is 1. The molecule has 8 heteroatoms.